The Morgan fingerprint density at radius 3 is 2.35 bits per heavy atom. The molecule has 0 heterocycles. The summed E-state index contributed by atoms with van der Waals surface area (Å²) in [5, 5.41) is 0.949. The largest absolute Gasteiger partial charge is 0.280 e. The molecule has 0 spiro atoms. The molecule has 0 amide bonds. The van der Waals surface area contributed by atoms with E-state index in [9.17, 15) is 8.42 Å². The summed E-state index contributed by atoms with van der Waals surface area (Å²) in [6.07, 6.45) is 0. The van der Waals surface area contributed by atoms with Crippen LogP contribution in [0.3, 0.4) is 0 Å². The van der Waals surface area contributed by atoms with E-state index in [0.29, 0.717) is 20.2 Å². The van der Waals surface area contributed by atoms with Crippen LogP contribution in [0.2, 0.25) is 10.0 Å². The smallest absolute Gasteiger partial charge is 0.261 e. The zero-order valence-corrected chi connectivity index (χ0v) is 14.2. The van der Waals surface area contributed by atoms with Crippen LogP contribution in [0.15, 0.2) is 45.8 Å². The monoisotopic (exact) mass is 393 g/mol. The van der Waals surface area contributed by atoms with Crippen molar-refractivity contribution >= 4 is 54.8 Å². The van der Waals surface area contributed by atoms with E-state index < -0.39 is 10.0 Å². The normalized spacial score (nSPS) is 11.4. The summed E-state index contributed by atoms with van der Waals surface area (Å²) in [6, 6.07) is 9.37. The van der Waals surface area contributed by atoms with Crippen LogP contribution in [-0.4, -0.2) is 8.42 Å². The summed E-state index contributed by atoms with van der Waals surface area (Å²) >= 11 is 15.0. The first-order valence-electron chi connectivity index (χ1n) is 5.53. The van der Waals surface area contributed by atoms with Crippen molar-refractivity contribution in [3.63, 3.8) is 0 Å². The molecule has 0 aliphatic rings. The Bertz CT molecular complexity index is 763. The maximum Gasteiger partial charge on any atom is 0.261 e. The van der Waals surface area contributed by atoms with Gasteiger partial charge in [-0.2, -0.15) is 0 Å². The molecule has 0 aliphatic heterocycles. The number of aryl methyl sites for hydroxylation is 1. The van der Waals surface area contributed by atoms with Crippen LogP contribution >= 0.6 is 39.1 Å². The molecule has 7 heteroatoms. The Kier molecular flexibility index (Phi) is 4.64. The fraction of sp³-hybridized carbons (Fsp3) is 0.0769. The second-order valence-electron chi connectivity index (χ2n) is 4.15. The third-order valence-electron chi connectivity index (χ3n) is 2.63. The molecule has 0 aliphatic carbocycles. The molecule has 0 bridgehead atoms. The highest BCUT2D eigenvalue weighted by atomic mass is 79.9. The van der Waals surface area contributed by atoms with Crippen molar-refractivity contribution in [1.29, 1.82) is 0 Å². The van der Waals surface area contributed by atoms with E-state index in [1.807, 2.05) is 6.92 Å². The maximum atomic E-state index is 12.2. The van der Waals surface area contributed by atoms with E-state index >= 15 is 0 Å². The molecular formula is C13H10BrCl2NO2S. The summed E-state index contributed by atoms with van der Waals surface area (Å²) in [7, 11) is -3.68. The van der Waals surface area contributed by atoms with Crippen LogP contribution in [0, 0.1) is 6.92 Å². The van der Waals surface area contributed by atoms with Crippen molar-refractivity contribution in [2.75, 3.05) is 4.72 Å². The summed E-state index contributed by atoms with van der Waals surface area (Å²) in [6.45, 7) is 1.84. The summed E-state index contributed by atoms with van der Waals surface area (Å²) in [4.78, 5) is 0.116. The van der Waals surface area contributed by atoms with Gasteiger partial charge in [-0.1, -0.05) is 29.3 Å². The number of anilines is 1. The minimum absolute atomic E-state index is 0.116. The zero-order valence-electron chi connectivity index (χ0n) is 10.3. The van der Waals surface area contributed by atoms with Crippen LogP contribution < -0.4 is 4.72 Å². The lowest BCUT2D eigenvalue weighted by Crippen LogP contribution is -2.13. The number of sulfonamides is 1. The van der Waals surface area contributed by atoms with Crippen molar-refractivity contribution in [3.05, 3.63) is 56.5 Å². The lowest BCUT2D eigenvalue weighted by molar-refractivity contribution is 0.601. The van der Waals surface area contributed by atoms with Crippen LogP contribution in [0.25, 0.3) is 0 Å². The van der Waals surface area contributed by atoms with Gasteiger partial charge < -0.3 is 0 Å². The predicted molar refractivity (Wildman–Crippen MR) is 86.1 cm³/mol. The molecule has 0 fully saturated rings. The highest BCUT2D eigenvalue weighted by molar-refractivity contribution is 9.10. The van der Waals surface area contributed by atoms with Gasteiger partial charge in [0.25, 0.3) is 10.0 Å². The highest BCUT2D eigenvalue weighted by Crippen LogP contribution is 2.27. The van der Waals surface area contributed by atoms with Gasteiger partial charge >= 0.3 is 0 Å². The summed E-state index contributed by atoms with van der Waals surface area (Å²) in [5.41, 5.74) is 1.29. The molecule has 2 aromatic carbocycles. The maximum absolute atomic E-state index is 12.2. The van der Waals surface area contributed by atoms with Gasteiger partial charge in [-0.3, -0.25) is 4.72 Å². The number of benzene rings is 2. The second kappa shape index (κ2) is 5.93. The van der Waals surface area contributed by atoms with Gasteiger partial charge in [0.15, 0.2) is 0 Å². The van der Waals surface area contributed by atoms with Crippen molar-refractivity contribution in [3.8, 4) is 0 Å². The van der Waals surface area contributed by atoms with Crippen molar-refractivity contribution in [2.45, 2.75) is 11.8 Å². The predicted octanol–water partition coefficient (Wildman–Crippen LogP) is 4.87. The molecule has 20 heavy (non-hydrogen) atoms. The first kappa shape index (κ1) is 15.6. The van der Waals surface area contributed by atoms with E-state index in [0.717, 1.165) is 5.56 Å². The molecule has 0 saturated carbocycles. The molecule has 1 N–H and O–H groups in total. The van der Waals surface area contributed by atoms with Gasteiger partial charge in [0, 0.05) is 9.50 Å². The number of nitrogens with one attached hydrogen (secondary N) is 1. The molecule has 0 atom stereocenters. The number of hydrogen-bond acceptors (Lipinski definition) is 2. The van der Waals surface area contributed by atoms with E-state index in [4.69, 9.17) is 23.2 Å². The Morgan fingerprint density at radius 2 is 1.75 bits per heavy atom. The van der Waals surface area contributed by atoms with Gasteiger partial charge in [0.2, 0.25) is 0 Å². The summed E-state index contributed by atoms with van der Waals surface area (Å²) < 4.78 is 27.5. The molecule has 0 radical (unpaired) electrons. The van der Waals surface area contributed by atoms with Gasteiger partial charge in [-0.15, -0.1) is 0 Å². The molecule has 2 rings (SSSR count). The van der Waals surface area contributed by atoms with E-state index in [2.05, 4.69) is 20.7 Å². The Hall–Kier alpha value is -0.750. The van der Waals surface area contributed by atoms with Crippen LogP contribution in [0.4, 0.5) is 5.69 Å². The lowest BCUT2D eigenvalue weighted by Gasteiger charge is -2.10. The van der Waals surface area contributed by atoms with Crippen molar-refractivity contribution < 1.29 is 8.42 Å². The quantitative estimate of drug-likeness (QED) is 0.807. The third-order valence-corrected chi connectivity index (χ3v) is 5.63. The van der Waals surface area contributed by atoms with Gasteiger partial charge in [0.1, 0.15) is 0 Å². The minimum Gasteiger partial charge on any atom is -0.280 e. The lowest BCUT2D eigenvalue weighted by atomic mass is 10.2. The van der Waals surface area contributed by atoms with Crippen LogP contribution in [-0.2, 0) is 10.0 Å². The number of rotatable bonds is 3. The average molecular weight is 395 g/mol. The molecule has 0 saturated heterocycles. The third kappa shape index (κ3) is 3.47. The molecule has 3 nitrogen and oxygen atoms in total. The van der Waals surface area contributed by atoms with E-state index in [1.54, 1.807) is 18.2 Å². The molecule has 0 aromatic heterocycles. The molecule has 0 unspecified atom stereocenters. The first-order valence-corrected chi connectivity index (χ1v) is 8.57. The van der Waals surface area contributed by atoms with Crippen LogP contribution in [0.1, 0.15) is 5.56 Å². The van der Waals surface area contributed by atoms with Gasteiger partial charge in [0.05, 0.1) is 15.6 Å². The standard InChI is InChI=1S/C13H10BrCl2NO2S/c1-8-2-3-9(6-13(8)16)17-20(18,19)10-4-5-12(15)11(14)7-10/h2-7,17H,1H3. The Balaban J connectivity index is 2.35. The van der Waals surface area contributed by atoms with E-state index in [1.165, 1.54) is 18.2 Å². The van der Waals surface area contributed by atoms with Gasteiger partial charge in [-0.05, 0) is 58.7 Å². The minimum atomic E-state index is -3.68. The topological polar surface area (TPSA) is 46.2 Å². The fourth-order valence-corrected chi connectivity index (χ4v) is 3.42. The molecule has 106 valence electrons. The average Bonchev–Trinajstić information content (AvgIpc) is 2.37. The first-order chi connectivity index (χ1) is 9.29. The van der Waals surface area contributed by atoms with Crippen LogP contribution in [0.5, 0.6) is 0 Å². The second-order valence-corrected chi connectivity index (χ2v) is 7.50. The number of halogens is 3. The SMILES string of the molecule is Cc1ccc(NS(=O)(=O)c2ccc(Cl)c(Br)c2)cc1Cl. The zero-order chi connectivity index (χ0) is 14.9. The number of hydrogen-bond donors (Lipinski definition) is 1. The molecular weight excluding hydrogens is 385 g/mol. The van der Waals surface area contributed by atoms with E-state index in [-0.39, 0.29) is 4.90 Å². The molecule has 2 aromatic rings. The fourth-order valence-electron chi connectivity index (χ4n) is 1.51. The van der Waals surface area contributed by atoms with Crippen molar-refractivity contribution in [1.82, 2.24) is 0 Å². The highest BCUT2D eigenvalue weighted by Gasteiger charge is 2.15. The Labute approximate surface area is 136 Å². The van der Waals surface area contributed by atoms with Gasteiger partial charge in [-0.25, -0.2) is 8.42 Å². The summed E-state index contributed by atoms with van der Waals surface area (Å²) in [5.74, 6) is 0. The van der Waals surface area contributed by atoms with Crippen molar-refractivity contribution in [2.24, 2.45) is 0 Å². The Morgan fingerprint density at radius 1 is 1.05 bits per heavy atom.